The van der Waals surface area contributed by atoms with Crippen LogP contribution in [-0.2, 0) is 17.1 Å². The van der Waals surface area contributed by atoms with E-state index in [1.807, 2.05) is 16.7 Å². The number of nitrogens with zero attached hydrogens (tertiary/aromatic N) is 3. The van der Waals surface area contributed by atoms with Gasteiger partial charge in [-0.25, -0.2) is 0 Å². The van der Waals surface area contributed by atoms with Crippen LogP contribution in [0.3, 0.4) is 0 Å². The van der Waals surface area contributed by atoms with Gasteiger partial charge in [0.05, 0.1) is 17.3 Å². The van der Waals surface area contributed by atoms with Gasteiger partial charge in [-0.3, -0.25) is 9.36 Å². The number of unbranched alkanes of at least 4 members (excludes halogenated alkanes) is 2. The predicted molar refractivity (Wildman–Crippen MR) is 128 cm³/mol. The maximum absolute atomic E-state index is 12.2. The van der Waals surface area contributed by atoms with Crippen LogP contribution in [0.4, 0.5) is 0 Å². The van der Waals surface area contributed by atoms with Gasteiger partial charge in [0, 0.05) is 17.2 Å². The van der Waals surface area contributed by atoms with Gasteiger partial charge in [0.15, 0.2) is 11.0 Å². The molecule has 2 aromatic carbocycles. The number of nitrogens with one attached hydrogen (secondary N) is 1. The summed E-state index contributed by atoms with van der Waals surface area (Å²) in [7, 11) is 0. The van der Waals surface area contributed by atoms with Gasteiger partial charge in [-0.2, -0.15) is 0 Å². The minimum atomic E-state index is 0.0131. The minimum Gasteiger partial charge on any atom is -0.349 e. The molecular weight excluding hydrogens is 451 g/mol. The summed E-state index contributed by atoms with van der Waals surface area (Å²) in [5.74, 6) is 1.38. The van der Waals surface area contributed by atoms with Crippen LogP contribution in [0.25, 0.3) is 5.69 Å². The molecule has 0 fully saturated rings. The summed E-state index contributed by atoms with van der Waals surface area (Å²) in [6.07, 6.45) is 3.52. The molecule has 0 aliphatic heterocycles. The van der Waals surface area contributed by atoms with Crippen LogP contribution in [0.1, 0.15) is 49.6 Å². The summed E-state index contributed by atoms with van der Waals surface area (Å²) >= 11 is 14.2. The Hall–Kier alpha value is -2.02. The van der Waals surface area contributed by atoms with Gasteiger partial charge in [0.1, 0.15) is 0 Å². The standard InChI is InChI=1S/C23H26Cl2N4OS/c1-3-4-5-9-22(30)26-14-21-27-28-23(31-15-17-8-6-7-16(2)12-17)29(21)20-11-10-18(24)13-19(20)25/h6-8,10-13H,3-5,9,14-15H2,1-2H3,(H,26,30). The molecule has 8 heteroatoms. The lowest BCUT2D eigenvalue weighted by Crippen LogP contribution is -2.24. The Morgan fingerprint density at radius 1 is 1.13 bits per heavy atom. The lowest BCUT2D eigenvalue weighted by molar-refractivity contribution is -0.121. The Morgan fingerprint density at radius 2 is 1.97 bits per heavy atom. The molecule has 1 N–H and O–H groups in total. The van der Waals surface area contributed by atoms with E-state index in [0.717, 1.165) is 30.7 Å². The van der Waals surface area contributed by atoms with Crippen molar-refractivity contribution >= 4 is 40.9 Å². The number of aryl methyl sites for hydroxylation is 1. The third kappa shape index (κ3) is 6.73. The largest absolute Gasteiger partial charge is 0.349 e. The maximum atomic E-state index is 12.2. The number of carbonyl (C=O) groups excluding carboxylic acids is 1. The summed E-state index contributed by atoms with van der Waals surface area (Å²) in [5.41, 5.74) is 3.15. The molecule has 1 amide bonds. The fourth-order valence-electron chi connectivity index (χ4n) is 3.16. The van der Waals surface area contributed by atoms with E-state index >= 15 is 0 Å². The van der Waals surface area contributed by atoms with Crippen LogP contribution in [0, 0.1) is 6.92 Å². The Morgan fingerprint density at radius 3 is 2.71 bits per heavy atom. The van der Waals surface area contributed by atoms with Crippen LogP contribution in [0.15, 0.2) is 47.6 Å². The van der Waals surface area contributed by atoms with Crippen LogP contribution >= 0.6 is 35.0 Å². The van der Waals surface area contributed by atoms with Crippen molar-refractivity contribution in [3.05, 3.63) is 69.5 Å². The Balaban J connectivity index is 1.82. The lowest BCUT2D eigenvalue weighted by atomic mass is 10.2. The maximum Gasteiger partial charge on any atom is 0.220 e. The number of hydrogen-bond donors (Lipinski definition) is 1. The molecule has 0 atom stereocenters. The first kappa shape index (κ1) is 23.6. The Kier molecular flexibility index (Phi) is 8.81. The summed E-state index contributed by atoms with van der Waals surface area (Å²) in [6, 6.07) is 13.7. The zero-order valence-electron chi connectivity index (χ0n) is 17.7. The fraction of sp³-hybridized carbons (Fsp3) is 0.348. The van der Waals surface area contributed by atoms with E-state index in [-0.39, 0.29) is 12.5 Å². The minimum absolute atomic E-state index is 0.0131. The second-order valence-corrected chi connectivity index (χ2v) is 9.13. The molecule has 0 saturated carbocycles. The number of rotatable bonds is 10. The van der Waals surface area contributed by atoms with Gasteiger partial charge in [-0.05, 0) is 37.1 Å². The summed E-state index contributed by atoms with van der Waals surface area (Å²) in [5, 5.41) is 13.4. The first-order valence-electron chi connectivity index (χ1n) is 10.3. The fourth-order valence-corrected chi connectivity index (χ4v) is 4.56. The average molecular weight is 477 g/mol. The Labute approximate surface area is 197 Å². The molecule has 164 valence electrons. The Bertz CT molecular complexity index is 1040. The van der Waals surface area contributed by atoms with Gasteiger partial charge in [0.2, 0.25) is 5.91 Å². The SMILES string of the molecule is CCCCCC(=O)NCc1nnc(SCc2cccc(C)c2)n1-c1ccc(Cl)cc1Cl. The van der Waals surface area contributed by atoms with Crippen LogP contribution < -0.4 is 5.32 Å². The van der Waals surface area contributed by atoms with Gasteiger partial charge in [-0.1, -0.05) is 84.6 Å². The topological polar surface area (TPSA) is 59.8 Å². The zero-order chi connectivity index (χ0) is 22.2. The number of thioether (sulfide) groups is 1. The van der Waals surface area contributed by atoms with Gasteiger partial charge < -0.3 is 5.32 Å². The number of hydrogen-bond acceptors (Lipinski definition) is 4. The number of benzene rings is 2. The third-order valence-corrected chi connectivity index (χ3v) is 6.29. The number of carbonyl (C=O) groups is 1. The van der Waals surface area contributed by atoms with Gasteiger partial charge >= 0.3 is 0 Å². The molecule has 5 nitrogen and oxygen atoms in total. The predicted octanol–water partition coefficient (Wildman–Crippen LogP) is 6.37. The molecule has 0 unspecified atom stereocenters. The molecule has 3 rings (SSSR count). The average Bonchev–Trinajstić information content (AvgIpc) is 3.13. The van der Waals surface area contributed by atoms with Crippen molar-refractivity contribution in [3.8, 4) is 5.69 Å². The third-order valence-electron chi connectivity index (χ3n) is 4.75. The smallest absolute Gasteiger partial charge is 0.220 e. The highest BCUT2D eigenvalue weighted by molar-refractivity contribution is 7.98. The van der Waals surface area contributed by atoms with Crippen molar-refractivity contribution in [3.63, 3.8) is 0 Å². The molecule has 0 radical (unpaired) electrons. The van der Waals surface area contributed by atoms with E-state index in [2.05, 4.69) is 47.6 Å². The number of halogens is 2. The highest BCUT2D eigenvalue weighted by Gasteiger charge is 2.18. The monoisotopic (exact) mass is 476 g/mol. The lowest BCUT2D eigenvalue weighted by Gasteiger charge is -2.13. The second kappa shape index (κ2) is 11.6. The summed E-state index contributed by atoms with van der Waals surface area (Å²) in [4.78, 5) is 12.2. The molecule has 31 heavy (non-hydrogen) atoms. The van der Waals surface area contributed by atoms with E-state index in [4.69, 9.17) is 23.2 Å². The normalized spacial score (nSPS) is 11.0. The van der Waals surface area contributed by atoms with Crippen LogP contribution in [0.5, 0.6) is 0 Å². The highest BCUT2D eigenvalue weighted by atomic mass is 35.5. The van der Waals surface area contributed by atoms with Gasteiger partial charge in [-0.15, -0.1) is 10.2 Å². The molecule has 0 saturated heterocycles. The van der Waals surface area contributed by atoms with E-state index < -0.39 is 0 Å². The molecule has 0 bridgehead atoms. The molecule has 0 spiro atoms. The van der Waals surface area contributed by atoms with Crippen molar-refractivity contribution in [2.45, 2.75) is 57.0 Å². The van der Waals surface area contributed by atoms with Crippen LogP contribution in [0.2, 0.25) is 10.0 Å². The molecule has 0 aliphatic carbocycles. The van der Waals surface area contributed by atoms with Gasteiger partial charge in [0.25, 0.3) is 0 Å². The van der Waals surface area contributed by atoms with E-state index in [9.17, 15) is 4.79 Å². The molecule has 0 aliphatic rings. The summed E-state index contributed by atoms with van der Waals surface area (Å²) < 4.78 is 1.89. The number of amides is 1. The quantitative estimate of drug-likeness (QED) is 0.272. The van der Waals surface area contributed by atoms with E-state index in [0.29, 0.717) is 27.4 Å². The van der Waals surface area contributed by atoms with Crippen molar-refractivity contribution in [2.24, 2.45) is 0 Å². The number of aromatic nitrogens is 3. The van der Waals surface area contributed by atoms with E-state index in [1.165, 1.54) is 11.1 Å². The van der Waals surface area contributed by atoms with Crippen molar-refractivity contribution in [1.82, 2.24) is 20.1 Å². The van der Waals surface area contributed by atoms with Crippen LogP contribution in [-0.4, -0.2) is 20.7 Å². The molecular formula is C23H26Cl2N4OS. The van der Waals surface area contributed by atoms with Crippen molar-refractivity contribution in [1.29, 1.82) is 0 Å². The zero-order valence-corrected chi connectivity index (χ0v) is 20.0. The first-order valence-corrected chi connectivity index (χ1v) is 12.1. The molecule has 1 aromatic heterocycles. The highest BCUT2D eigenvalue weighted by Crippen LogP contribution is 2.30. The first-order chi connectivity index (χ1) is 15.0. The van der Waals surface area contributed by atoms with E-state index in [1.54, 1.807) is 23.9 Å². The molecule has 1 heterocycles. The second-order valence-electron chi connectivity index (χ2n) is 7.34. The van der Waals surface area contributed by atoms with Crippen molar-refractivity contribution in [2.75, 3.05) is 0 Å². The molecule has 3 aromatic rings. The summed E-state index contributed by atoms with van der Waals surface area (Å²) in [6.45, 7) is 4.47. The van der Waals surface area contributed by atoms with Crippen molar-refractivity contribution < 1.29 is 4.79 Å².